The second kappa shape index (κ2) is 6.07. The van der Waals surface area contributed by atoms with Crippen LogP contribution in [0.15, 0.2) is 10.1 Å². The average molecular weight is 254 g/mol. The number of aliphatic imine (C=N–C) groups is 1. The van der Waals surface area contributed by atoms with Crippen LogP contribution in [-0.2, 0) is 9.47 Å². The lowest BCUT2D eigenvalue weighted by atomic mass is 10.0. The van der Waals surface area contributed by atoms with Gasteiger partial charge in [-0.2, -0.15) is 0 Å². The molecule has 0 bridgehead atoms. The van der Waals surface area contributed by atoms with Crippen LogP contribution in [0.25, 0.3) is 10.4 Å². The van der Waals surface area contributed by atoms with Gasteiger partial charge in [-0.1, -0.05) is 19.0 Å². The highest BCUT2D eigenvalue weighted by atomic mass is 16.5. The molecule has 0 aromatic rings. The van der Waals surface area contributed by atoms with Gasteiger partial charge in [0.15, 0.2) is 0 Å². The van der Waals surface area contributed by atoms with Crippen LogP contribution in [0, 0.1) is 0 Å². The molecule has 6 nitrogen and oxygen atoms in total. The first kappa shape index (κ1) is 14.8. The lowest BCUT2D eigenvalue weighted by Crippen LogP contribution is -2.39. The second-order valence-corrected chi connectivity index (χ2v) is 5.50. The molecule has 0 amide bonds. The first-order valence-corrected chi connectivity index (χ1v) is 6.25. The van der Waals surface area contributed by atoms with Gasteiger partial charge in [0, 0.05) is 30.0 Å². The molecule has 0 unspecified atom stereocenters. The van der Waals surface area contributed by atoms with Crippen LogP contribution in [0.4, 0.5) is 0 Å². The van der Waals surface area contributed by atoms with E-state index in [2.05, 4.69) is 15.0 Å². The van der Waals surface area contributed by atoms with Crippen LogP contribution in [0.2, 0.25) is 0 Å². The minimum absolute atomic E-state index is 0.430. The van der Waals surface area contributed by atoms with Gasteiger partial charge in [-0.25, -0.2) is 0 Å². The van der Waals surface area contributed by atoms with Crippen molar-refractivity contribution in [2.45, 2.75) is 51.7 Å². The van der Waals surface area contributed by atoms with Gasteiger partial charge in [-0.3, -0.25) is 4.99 Å². The highest BCUT2D eigenvalue weighted by molar-refractivity contribution is 5.84. The number of ether oxygens (including phenoxy) is 2. The summed E-state index contributed by atoms with van der Waals surface area (Å²) in [5.41, 5.74) is 7.49. The molecule has 1 heterocycles. The summed E-state index contributed by atoms with van der Waals surface area (Å²) in [6, 6.07) is 0. The molecule has 0 aromatic heterocycles. The first-order valence-electron chi connectivity index (χ1n) is 6.25. The molecular formula is C12H22N4O2. The van der Waals surface area contributed by atoms with Crippen LogP contribution in [0.5, 0.6) is 0 Å². The van der Waals surface area contributed by atoms with Gasteiger partial charge in [0.2, 0.25) is 5.90 Å². The first-order chi connectivity index (χ1) is 8.37. The Morgan fingerprint density at radius 2 is 2.17 bits per heavy atom. The number of nitrogens with zero attached hydrogens (tertiary/aromatic N) is 4. The molecule has 1 aliphatic heterocycles. The minimum Gasteiger partial charge on any atom is -0.479 e. The minimum atomic E-state index is -0.521. The fourth-order valence-electron chi connectivity index (χ4n) is 1.61. The topological polar surface area (TPSA) is 79.6 Å². The van der Waals surface area contributed by atoms with Crippen molar-refractivity contribution in [1.29, 1.82) is 0 Å². The summed E-state index contributed by atoms with van der Waals surface area (Å²) in [4.78, 5) is 7.17. The monoisotopic (exact) mass is 254 g/mol. The van der Waals surface area contributed by atoms with E-state index in [1.54, 1.807) is 0 Å². The van der Waals surface area contributed by atoms with Crippen molar-refractivity contribution >= 4 is 5.90 Å². The largest absolute Gasteiger partial charge is 0.479 e. The second-order valence-electron chi connectivity index (χ2n) is 5.50. The third-order valence-electron chi connectivity index (χ3n) is 2.80. The summed E-state index contributed by atoms with van der Waals surface area (Å²) in [6.07, 6.45) is 1.62. The Balaban J connectivity index is 2.46. The lowest BCUT2D eigenvalue weighted by molar-refractivity contribution is 0.00677. The van der Waals surface area contributed by atoms with E-state index in [1.807, 2.05) is 27.7 Å². The van der Waals surface area contributed by atoms with E-state index in [0.717, 1.165) is 13.0 Å². The average Bonchev–Trinajstić information content (AvgIpc) is 2.29. The quantitative estimate of drug-likeness (QED) is 0.414. The molecule has 0 aromatic carbocycles. The van der Waals surface area contributed by atoms with Crippen LogP contribution in [0.1, 0.15) is 40.5 Å². The molecular weight excluding hydrogens is 232 g/mol. The summed E-state index contributed by atoms with van der Waals surface area (Å²) in [5, 5.41) is 3.73. The molecule has 0 saturated carbocycles. The van der Waals surface area contributed by atoms with Gasteiger partial charge in [0.1, 0.15) is 5.60 Å². The van der Waals surface area contributed by atoms with E-state index in [1.165, 1.54) is 0 Å². The molecule has 18 heavy (non-hydrogen) atoms. The van der Waals surface area contributed by atoms with Gasteiger partial charge in [-0.05, 0) is 25.8 Å². The number of rotatable bonds is 6. The van der Waals surface area contributed by atoms with Crippen LogP contribution >= 0.6 is 0 Å². The van der Waals surface area contributed by atoms with E-state index < -0.39 is 11.1 Å². The fourth-order valence-corrected chi connectivity index (χ4v) is 1.61. The molecule has 6 heteroatoms. The maximum absolute atomic E-state index is 8.44. The van der Waals surface area contributed by atoms with Crippen molar-refractivity contribution < 1.29 is 9.47 Å². The predicted molar refractivity (Wildman–Crippen MR) is 70.7 cm³/mol. The Morgan fingerprint density at radius 3 is 2.72 bits per heavy atom. The standard InChI is InChI=1S/C12H22N4O2/c1-11(2,15-16-13)6-9-18-12(3,4)10-14-7-5-8-17-10/h5-9H2,1-4H3. The Morgan fingerprint density at radius 1 is 1.44 bits per heavy atom. The Hall–Kier alpha value is -1.26. The molecule has 0 N–H and O–H groups in total. The Kier molecular flexibility index (Phi) is 4.99. The summed E-state index contributed by atoms with van der Waals surface area (Å²) in [5.74, 6) is 0.662. The van der Waals surface area contributed by atoms with Gasteiger partial charge < -0.3 is 9.47 Å². The molecule has 0 saturated heterocycles. The van der Waals surface area contributed by atoms with Crippen molar-refractivity contribution in [3.8, 4) is 0 Å². The number of azide groups is 1. The normalized spacial score (nSPS) is 16.6. The van der Waals surface area contributed by atoms with Gasteiger partial charge in [0.25, 0.3) is 0 Å². The SMILES string of the molecule is CC(C)(CCOC(C)(C)C1=NCCCO1)N=[N+]=[N-]. The lowest BCUT2D eigenvalue weighted by Gasteiger charge is -2.30. The highest BCUT2D eigenvalue weighted by Crippen LogP contribution is 2.20. The molecule has 0 fully saturated rings. The number of hydrogen-bond donors (Lipinski definition) is 0. The summed E-state index contributed by atoms with van der Waals surface area (Å²) in [7, 11) is 0. The zero-order valence-electron chi connectivity index (χ0n) is 11.6. The van der Waals surface area contributed by atoms with Crippen LogP contribution in [0.3, 0.4) is 0 Å². The molecule has 0 aliphatic carbocycles. The van der Waals surface area contributed by atoms with Gasteiger partial charge in [0.05, 0.1) is 6.61 Å². The summed E-state index contributed by atoms with van der Waals surface area (Å²) >= 11 is 0. The third-order valence-corrected chi connectivity index (χ3v) is 2.80. The zero-order chi connectivity index (χ0) is 13.6. The van der Waals surface area contributed by atoms with Gasteiger partial charge >= 0.3 is 0 Å². The van der Waals surface area contributed by atoms with E-state index in [9.17, 15) is 0 Å². The van der Waals surface area contributed by atoms with E-state index in [0.29, 0.717) is 25.5 Å². The molecule has 0 spiro atoms. The molecule has 1 aliphatic rings. The van der Waals surface area contributed by atoms with Crippen LogP contribution < -0.4 is 0 Å². The van der Waals surface area contributed by atoms with Crippen molar-refractivity contribution in [2.24, 2.45) is 10.1 Å². The van der Waals surface area contributed by atoms with E-state index in [4.69, 9.17) is 15.0 Å². The van der Waals surface area contributed by atoms with Crippen molar-refractivity contribution in [2.75, 3.05) is 19.8 Å². The third kappa shape index (κ3) is 4.55. The Bertz CT molecular complexity index is 357. The molecule has 0 radical (unpaired) electrons. The zero-order valence-corrected chi connectivity index (χ0v) is 11.6. The van der Waals surface area contributed by atoms with Crippen molar-refractivity contribution in [1.82, 2.24) is 0 Å². The summed E-state index contributed by atoms with van der Waals surface area (Å²) < 4.78 is 11.3. The Labute approximate surface area is 108 Å². The van der Waals surface area contributed by atoms with Gasteiger partial charge in [-0.15, -0.1) is 0 Å². The smallest absolute Gasteiger partial charge is 0.215 e. The van der Waals surface area contributed by atoms with Crippen molar-refractivity contribution in [3.63, 3.8) is 0 Å². The maximum atomic E-state index is 8.44. The molecule has 102 valence electrons. The molecule has 0 atom stereocenters. The number of hydrogen-bond acceptors (Lipinski definition) is 4. The van der Waals surface area contributed by atoms with Crippen molar-refractivity contribution in [3.05, 3.63) is 10.4 Å². The predicted octanol–water partition coefficient (Wildman–Crippen LogP) is 3.08. The summed E-state index contributed by atoms with van der Waals surface area (Å²) in [6.45, 7) is 9.66. The van der Waals surface area contributed by atoms with Crippen LogP contribution in [-0.4, -0.2) is 36.8 Å². The van der Waals surface area contributed by atoms with E-state index in [-0.39, 0.29) is 0 Å². The fraction of sp³-hybridized carbons (Fsp3) is 0.917. The van der Waals surface area contributed by atoms with E-state index >= 15 is 0 Å². The maximum Gasteiger partial charge on any atom is 0.215 e. The molecule has 1 rings (SSSR count). The highest BCUT2D eigenvalue weighted by Gasteiger charge is 2.30.